The van der Waals surface area contributed by atoms with Crippen LogP contribution in [0.25, 0.3) is 21.9 Å². The Morgan fingerprint density at radius 1 is 1.12 bits per heavy atom. The summed E-state index contributed by atoms with van der Waals surface area (Å²) in [7, 11) is 0. The zero-order chi connectivity index (χ0) is 18.3. The van der Waals surface area contributed by atoms with E-state index in [1.165, 1.54) is 0 Å². The Kier molecular flexibility index (Phi) is 3.93. The molecule has 2 heterocycles. The van der Waals surface area contributed by atoms with Crippen molar-refractivity contribution in [1.29, 1.82) is 0 Å². The molecule has 0 radical (unpaired) electrons. The molecule has 0 atom stereocenters. The first-order valence-electron chi connectivity index (χ1n) is 7.93. The summed E-state index contributed by atoms with van der Waals surface area (Å²) in [5.74, 6) is 0.0610. The molecule has 128 valence electrons. The molecule has 1 N–H and O–H groups in total. The molecule has 1 amide bonds. The Labute approximate surface area is 153 Å². The number of pyridine rings is 1. The van der Waals surface area contributed by atoms with Crippen LogP contribution in [0.5, 0.6) is 0 Å². The highest BCUT2D eigenvalue weighted by Gasteiger charge is 2.14. The molecule has 0 bridgehead atoms. The predicted molar refractivity (Wildman–Crippen MR) is 102 cm³/mol. The Balaban J connectivity index is 1.84. The van der Waals surface area contributed by atoms with Crippen molar-refractivity contribution >= 4 is 45.2 Å². The molecule has 0 unspecified atom stereocenters. The predicted octanol–water partition coefficient (Wildman–Crippen LogP) is 4.56. The van der Waals surface area contributed by atoms with Crippen LogP contribution in [-0.2, 0) is 0 Å². The van der Waals surface area contributed by atoms with Crippen molar-refractivity contribution < 1.29 is 9.21 Å². The molecular weight excluding hydrogens is 352 g/mol. The number of fused-ring (bicyclic) bond motifs is 3. The highest BCUT2D eigenvalue weighted by atomic mass is 35.5. The van der Waals surface area contributed by atoms with Gasteiger partial charge in [0, 0.05) is 16.0 Å². The Bertz CT molecular complexity index is 1210. The molecule has 0 saturated carbocycles. The summed E-state index contributed by atoms with van der Waals surface area (Å²) in [4.78, 5) is 29.2. The first-order valence-corrected chi connectivity index (χ1v) is 8.31. The van der Waals surface area contributed by atoms with Gasteiger partial charge in [-0.05, 0) is 55.0 Å². The SMILES string of the molecule is Cc1cc(NC(=O)c2ccc(Cl)cc2)nc2c1c(=O)oc1ccccc12. The molecule has 4 aromatic rings. The number of nitrogens with one attached hydrogen (secondary N) is 1. The number of aromatic nitrogens is 1. The summed E-state index contributed by atoms with van der Waals surface area (Å²) in [5, 5.41) is 4.45. The summed E-state index contributed by atoms with van der Waals surface area (Å²) in [6, 6.07) is 15.4. The fourth-order valence-corrected chi connectivity index (χ4v) is 3.01. The molecule has 0 aliphatic carbocycles. The van der Waals surface area contributed by atoms with Crippen LogP contribution < -0.4 is 10.9 Å². The number of nitrogens with zero attached hydrogens (tertiary/aromatic N) is 1. The Hall–Kier alpha value is -3.18. The monoisotopic (exact) mass is 364 g/mol. The second kappa shape index (κ2) is 6.28. The molecule has 0 spiro atoms. The maximum absolute atomic E-state index is 12.4. The lowest BCUT2D eigenvalue weighted by Gasteiger charge is -2.09. The number of para-hydroxylation sites is 1. The number of halogens is 1. The lowest BCUT2D eigenvalue weighted by Crippen LogP contribution is -2.14. The maximum atomic E-state index is 12.4. The van der Waals surface area contributed by atoms with Crippen molar-refractivity contribution in [2.45, 2.75) is 6.92 Å². The number of benzene rings is 2. The van der Waals surface area contributed by atoms with E-state index in [1.807, 2.05) is 12.1 Å². The molecule has 2 aromatic carbocycles. The van der Waals surface area contributed by atoms with Crippen LogP contribution in [0.2, 0.25) is 5.02 Å². The molecule has 0 fully saturated rings. The van der Waals surface area contributed by atoms with Crippen LogP contribution in [0.15, 0.2) is 63.8 Å². The quantitative estimate of drug-likeness (QED) is 0.418. The van der Waals surface area contributed by atoms with E-state index < -0.39 is 5.63 Å². The van der Waals surface area contributed by atoms with Crippen LogP contribution in [-0.4, -0.2) is 10.9 Å². The van der Waals surface area contributed by atoms with Crippen LogP contribution in [0.1, 0.15) is 15.9 Å². The lowest BCUT2D eigenvalue weighted by molar-refractivity contribution is 0.102. The summed E-state index contributed by atoms with van der Waals surface area (Å²) < 4.78 is 5.36. The number of carbonyl (C=O) groups excluding carboxylic acids is 1. The normalized spacial score (nSPS) is 11.0. The Morgan fingerprint density at radius 2 is 1.85 bits per heavy atom. The molecular formula is C20H13ClN2O3. The van der Waals surface area contributed by atoms with Gasteiger partial charge < -0.3 is 9.73 Å². The summed E-state index contributed by atoms with van der Waals surface area (Å²) in [5.41, 5.74) is 1.66. The largest absolute Gasteiger partial charge is 0.422 e. The van der Waals surface area contributed by atoms with Gasteiger partial charge in [0.15, 0.2) is 0 Å². The first-order chi connectivity index (χ1) is 12.5. The van der Waals surface area contributed by atoms with E-state index in [0.29, 0.717) is 43.8 Å². The molecule has 0 aliphatic heterocycles. The van der Waals surface area contributed by atoms with Crippen molar-refractivity contribution in [2.75, 3.05) is 5.32 Å². The highest BCUT2D eigenvalue weighted by Crippen LogP contribution is 2.25. The van der Waals surface area contributed by atoms with Gasteiger partial charge in [-0.2, -0.15) is 0 Å². The topological polar surface area (TPSA) is 72.2 Å². The third-order valence-corrected chi connectivity index (χ3v) is 4.37. The van der Waals surface area contributed by atoms with Gasteiger partial charge in [-0.1, -0.05) is 23.7 Å². The molecule has 6 heteroatoms. The second-order valence-electron chi connectivity index (χ2n) is 5.89. The van der Waals surface area contributed by atoms with Crippen LogP contribution in [0, 0.1) is 6.92 Å². The lowest BCUT2D eigenvalue weighted by atomic mass is 10.1. The standard InChI is InChI=1S/C20H13ClN2O3/c1-11-10-16(23-19(24)12-6-8-13(21)9-7-12)22-18-14-4-2-3-5-15(14)26-20(25)17(11)18/h2-10H,1H3,(H,22,23,24). The van der Waals surface area contributed by atoms with Gasteiger partial charge in [0.2, 0.25) is 0 Å². The molecule has 0 aliphatic rings. The summed E-state index contributed by atoms with van der Waals surface area (Å²) in [6.45, 7) is 1.79. The minimum Gasteiger partial charge on any atom is -0.422 e. The van der Waals surface area contributed by atoms with Gasteiger partial charge in [-0.15, -0.1) is 0 Å². The second-order valence-corrected chi connectivity index (χ2v) is 6.33. The zero-order valence-electron chi connectivity index (χ0n) is 13.7. The van der Waals surface area contributed by atoms with Gasteiger partial charge in [-0.3, -0.25) is 4.79 Å². The van der Waals surface area contributed by atoms with Crippen molar-refractivity contribution in [1.82, 2.24) is 4.98 Å². The van der Waals surface area contributed by atoms with E-state index in [4.69, 9.17) is 16.0 Å². The minimum absolute atomic E-state index is 0.305. The van der Waals surface area contributed by atoms with Crippen molar-refractivity contribution in [3.63, 3.8) is 0 Å². The molecule has 4 rings (SSSR count). The van der Waals surface area contributed by atoms with Gasteiger partial charge >= 0.3 is 5.63 Å². The Morgan fingerprint density at radius 3 is 2.62 bits per heavy atom. The number of carbonyl (C=O) groups is 1. The molecule has 0 saturated heterocycles. The number of anilines is 1. The van der Waals surface area contributed by atoms with E-state index in [1.54, 1.807) is 49.4 Å². The number of amides is 1. The number of rotatable bonds is 2. The number of aryl methyl sites for hydroxylation is 1. The average molecular weight is 365 g/mol. The van der Waals surface area contributed by atoms with Gasteiger partial charge in [0.05, 0.1) is 10.9 Å². The smallest absolute Gasteiger partial charge is 0.346 e. The van der Waals surface area contributed by atoms with E-state index in [2.05, 4.69) is 10.3 Å². The summed E-state index contributed by atoms with van der Waals surface area (Å²) in [6.07, 6.45) is 0. The van der Waals surface area contributed by atoms with E-state index >= 15 is 0 Å². The van der Waals surface area contributed by atoms with Crippen molar-refractivity contribution in [3.05, 3.63) is 81.2 Å². The third kappa shape index (κ3) is 2.82. The van der Waals surface area contributed by atoms with Crippen molar-refractivity contribution in [3.8, 4) is 0 Å². The average Bonchev–Trinajstić information content (AvgIpc) is 2.62. The van der Waals surface area contributed by atoms with E-state index in [9.17, 15) is 9.59 Å². The maximum Gasteiger partial charge on any atom is 0.346 e. The molecule has 5 nitrogen and oxygen atoms in total. The fourth-order valence-electron chi connectivity index (χ4n) is 2.88. The van der Waals surface area contributed by atoms with E-state index in [0.717, 1.165) is 0 Å². The minimum atomic E-state index is -0.445. The van der Waals surface area contributed by atoms with Gasteiger partial charge in [0.25, 0.3) is 5.91 Å². The number of hydrogen-bond acceptors (Lipinski definition) is 4. The highest BCUT2D eigenvalue weighted by molar-refractivity contribution is 6.30. The summed E-state index contributed by atoms with van der Waals surface area (Å²) >= 11 is 5.85. The number of hydrogen-bond donors (Lipinski definition) is 1. The van der Waals surface area contributed by atoms with Gasteiger partial charge in [-0.25, -0.2) is 9.78 Å². The van der Waals surface area contributed by atoms with E-state index in [-0.39, 0.29) is 5.91 Å². The van der Waals surface area contributed by atoms with Crippen LogP contribution in [0.4, 0.5) is 5.82 Å². The van der Waals surface area contributed by atoms with Crippen LogP contribution in [0.3, 0.4) is 0 Å². The third-order valence-electron chi connectivity index (χ3n) is 4.11. The van der Waals surface area contributed by atoms with Gasteiger partial charge in [0.1, 0.15) is 11.4 Å². The van der Waals surface area contributed by atoms with Crippen molar-refractivity contribution in [2.24, 2.45) is 0 Å². The van der Waals surface area contributed by atoms with Crippen LogP contribution >= 0.6 is 11.6 Å². The molecule has 2 aromatic heterocycles. The zero-order valence-corrected chi connectivity index (χ0v) is 14.5. The fraction of sp³-hybridized carbons (Fsp3) is 0.0500. The first kappa shape index (κ1) is 16.3. The molecule has 26 heavy (non-hydrogen) atoms.